The van der Waals surface area contributed by atoms with E-state index in [0.717, 1.165) is 92.1 Å². The van der Waals surface area contributed by atoms with E-state index in [1.54, 1.807) is 24.3 Å². The molecule has 0 spiro atoms. The van der Waals surface area contributed by atoms with Gasteiger partial charge in [0.15, 0.2) is 6.26 Å². The van der Waals surface area contributed by atoms with Crippen molar-refractivity contribution in [3.8, 4) is 6.07 Å². The van der Waals surface area contributed by atoms with E-state index in [1.807, 2.05) is 19.9 Å². The highest BCUT2D eigenvalue weighted by atomic mass is 32.2. The number of ether oxygens (including phenoxy) is 2. The first kappa shape index (κ1) is 23.5. The second-order valence-electron chi connectivity index (χ2n) is 8.65. The molecule has 6 nitrogen and oxygen atoms in total. The molecule has 3 aliphatic rings. The highest BCUT2D eigenvalue weighted by Crippen LogP contribution is 2.26. The summed E-state index contributed by atoms with van der Waals surface area (Å²) in [6.07, 6.45) is 14.1. The first-order valence-electron chi connectivity index (χ1n) is 11.7. The molecule has 0 radical (unpaired) electrons. The highest BCUT2D eigenvalue weighted by molar-refractivity contribution is 7.99. The van der Waals surface area contributed by atoms with Crippen molar-refractivity contribution in [2.24, 2.45) is 0 Å². The fraction of sp³-hybridized carbons (Fsp3) is 0.462. The van der Waals surface area contributed by atoms with Crippen LogP contribution in [-0.4, -0.2) is 53.3 Å². The van der Waals surface area contributed by atoms with Crippen molar-refractivity contribution >= 4 is 11.8 Å². The minimum Gasteiger partial charge on any atom is -0.460 e. The van der Waals surface area contributed by atoms with Crippen molar-refractivity contribution in [1.29, 1.82) is 5.26 Å². The van der Waals surface area contributed by atoms with Gasteiger partial charge < -0.3 is 14.4 Å². The molecule has 4 rings (SSSR count). The van der Waals surface area contributed by atoms with E-state index < -0.39 is 0 Å². The molecule has 1 aromatic rings. The normalized spacial score (nSPS) is 18.6. The molecule has 0 bridgehead atoms. The predicted molar refractivity (Wildman–Crippen MR) is 131 cm³/mol. The number of aromatic nitrogens is 1. The van der Waals surface area contributed by atoms with Crippen LogP contribution < -0.4 is 0 Å². The molecule has 3 heterocycles. The standard InChI is InChI=1S/C26H32N4O2S/c1-20-15-21(2)28-26(24(20)17-27)33-14-6-9-29-10-12-30(13-11-29)25-19-31-23(18-32-25)16-22-7-4-3-5-8-22/h3-4,7,15,18-19H,5-6,8-14,16H2,1-2H3. The number of thioether (sulfide) groups is 1. The van der Waals surface area contributed by atoms with E-state index in [9.17, 15) is 5.26 Å². The molecule has 7 heteroatoms. The third-order valence-electron chi connectivity index (χ3n) is 6.09. The Labute approximate surface area is 201 Å². The van der Waals surface area contributed by atoms with Crippen molar-refractivity contribution in [2.75, 3.05) is 38.5 Å². The lowest BCUT2D eigenvalue weighted by Crippen LogP contribution is -2.46. The summed E-state index contributed by atoms with van der Waals surface area (Å²) in [5, 5.41) is 10.3. The number of rotatable bonds is 8. The number of piperazine rings is 1. The van der Waals surface area contributed by atoms with Crippen molar-refractivity contribution in [1.82, 2.24) is 14.8 Å². The fourth-order valence-electron chi connectivity index (χ4n) is 4.26. The maximum absolute atomic E-state index is 9.42. The molecule has 1 aliphatic carbocycles. The summed E-state index contributed by atoms with van der Waals surface area (Å²) in [6, 6.07) is 4.28. The lowest BCUT2D eigenvalue weighted by Gasteiger charge is -2.36. The van der Waals surface area contributed by atoms with Gasteiger partial charge >= 0.3 is 0 Å². The molecule has 0 unspecified atom stereocenters. The molecule has 2 aliphatic heterocycles. The molecule has 0 amide bonds. The van der Waals surface area contributed by atoms with E-state index in [0.29, 0.717) is 5.56 Å². The van der Waals surface area contributed by atoms with Crippen LogP contribution in [0.15, 0.2) is 59.1 Å². The summed E-state index contributed by atoms with van der Waals surface area (Å²) in [5.41, 5.74) is 4.08. The molecule has 1 fully saturated rings. The van der Waals surface area contributed by atoms with Crippen LogP contribution in [0.4, 0.5) is 0 Å². The van der Waals surface area contributed by atoms with E-state index in [-0.39, 0.29) is 0 Å². The molecule has 0 atom stereocenters. The molecule has 0 N–H and O–H groups in total. The number of hydrogen-bond donors (Lipinski definition) is 0. The van der Waals surface area contributed by atoms with Crippen LogP contribution >= 0.6 is 11.8 Å². The van der Waals surface area contributed by atoms with Gasteiger partial charge in [-0.3, -0.25) is 4.90 Å². The Hall–Kier alpha value is -2.69. The summed E-state index contributed by atoms with van der Waals surface area (Å²) in [4.78, 5) is 9.31. The summed E-state index contributed by atoms with van der Waals surface area (Å²) in [7, 11) is 0. The van der Waals surface area contributed by atoms with Crippen LogP contribution in [0.25, 0.3) is 0 Å². The first-order valence-corrected chi connectivity index (χ1v) is 12.7. The Morgan fingerprint density at radius 2 is 2.00 bits per heavy atom. The van der Waals surface area contributed by atoms with Crippen molar-refractivity contribution < 1.29 is 9.47 Å². The zero-order chi connectivity index (χ0) is 23.0. The number of pyridine rings is 1. The second-order valence-corrected chi connectivity index (χ2v) is 9.73. The van der Waals surface area contributed by atoms with E-state index in [4.69, 9.17) is 9.47 Å². The fourth-order valence-corrected chi connectivity index (χ4v) is 5.28. The highest BCUT2D eigenvalue weighted by Gasteiger charge is 2.22. The SMILES string of the molecule is Cc1cc(C)c(C#N)c(SCCCN2CCN(C3=COC(CC4=CC=CCC4)=CO3)CC2)n1. The molecular weight excluding hydrogens is 432 g/mol. The van der Waals surface area contributed by atoms with Crippen molar-refractivity contribution in [2.45, 2.75) is 44.6 Å². The topological polar surface area (TPSA) is 61.6 Å². The average Bonchev–Trinajstić information content (AvgIpc) is 2.83. The minimum atomic E-state index is 0.715. The number of allylic oxidation sites excluding steroid dienone is 4. The monoisotopic (exact) mass is 464 g/mol. The number of aryl methyl sites for hydroxylation is 2. The van der Waals surface area contributed by atoms with Gasteiger partial charge in [-0.15, -0.1) is 11.8 Å². The van der Waals surface area contributed by atoms with Crippen molar-refractivity contribution in [3.63, 3.8) is 0 Å². The van der Waals surface area contributed by atoms with E-state index in [1.165, 1.54) is 5.57 Å². The molecule has 1 aromatic heterocycles. The van der Waals surface area contributed by atoms with Gasteiger partial charge in [-0.2, -0.15) is 5.26 Å². The molecule has 33 heavy (non-hydrogen) atoms. The molecule has 1 saturated heterocycles. The molecule has 0 saturated carbocycles. The van der Waals surface area contributed by atoms with E-state index in [2.05, 4.69) is 39.1 Å². The third-order valence-corrected chi connectivity index (χ3v) is 7.15. The molecular formula is C26H32N4O2S. The van der Waals surface area contributed by atoms with Crippen LogP contribution in [0.1, 0.15) is 42.5 Å². The number of nitrogens with zero attached hydrogens (tertiary/aromatic N) is 4. The molecule has 174 valence electrons. The third kappa shape index (κ3) is 6.43. The smallest absolute Gasteiger partial charge is 0.231 e. The van der Waals surface area contributed by atoms with Gasteiger partial charge in [0.2, 0.25) is 5.88 Å². The van der Waals surface area contributed by atoms with Gasteiger partial charge in [0.25, 0.3) is 0 Å². The quantitative estimate of drug-likeness (QED) is 0.395. The largest absolute Gasteiger partial charge is 0.460 e. The van der Waals surface area contributed by atoms with Gasteiger partial charge in [-0.1, -0.05) is 23.8 Å². The Bertz CT molecular complexity index is 1010. The lowest BCUT2D eigenvalue weighted by molar-refractivity contribution is 0.0830. The first-order chi connectivity index (χ1) is 16.1. The van der Waals surface area contributed by atoms with Crippen molar-refractivity contribution in [3.05, 3.63) is 70.9 Å². The Kier molecular flexibility index (Phi) is 8.14. The van der Waals surface area contributed by atoms with Gasteiger partial charge in [0.05, 0.1) is 5.56 Å². The maximum Gasteiger partial charge on any atom is 0.231 e. The van der Waals surface area contributed by atoms with Gasteiger partial charge in [-0.05, 0) is 51.3 Å². The lowest BCUT2D eigenvalue weighted by atomic mass is 10.0. The van der Waals surface area contributed by atoms with Gasteiger partial charge in [-0.25, -0.2) is 4.98 Å². The minimum absolute atomic E-state index is 0.715. The summed E-state index contributed by atoms with van der Waals surface area (Å²) < 4.78 is 11.7. The van der Waals surface area contributed by atoms with Crippen LogP contribution in [-0.2, 0) is 9.47 Å². The van der Waals surface area contributed by atoms with Crippen LogP contribution in [0, 0.1) is 25.2 Å². The van der Waals surface area contributed by atoms with Gasteiger partial charge in [0.1, 0.15) is 23.1 Å². The van der Waals surface area contributed by atoms with E-state index >= 15 is 0 Å². The number of hydrogen-bond acceptors (Lipinski definition) is 7. The zero-order valence-corrected chi connectivity index (χ0v) is 20.4. The predicted octanol–water partition coefficient (Wildman–Crippen LogP) is 5.02. The van der Waals surface area contributed by atoms with Gasteiger partial charge in [0, 0.05) is 44.0 Å². The maximum atomic E-state index is 9.42. The molecule has 0 aromatic carbocycles. The zero-order valence-electron chi connectivity index (χ0n) is 19.5. The Morgan fingerprint density at radius 1 is 1.15 bits per heavy atom. The number of nitriles is 1. The summed E-state index contributed by atoms with van der Waals surface area (Å²) in [5.74, 6) is 2.64. The van der Waals surface area contributed by atoms with Crippen LogP contribution in [0.3, 0.4) is 0 Å². The summed E-state index contributed by atoms with van der Waals surface area (Å²) >= 11 is 1.69. The van der Waals surface area contributed by atoms with Crippen LogP contribution in [0.2, 0.25) is 0 Å². The summed E-state index contributed by atoms with van der Waals surface area (Å²) in [6.45, 7) is 8.89. The Morgan fingerprint density at radius 3 is 2.70 bits per heavy atom. The van der Waals surface area contributed by atoms with Crippen LogP contribution in [0.5, 0.6) is 0 Å². The average molecular weight is 465 g/mol. The second kappa shape index (κ2) is 11.4. The Balaban J connectivity index is 1.16.